The number of carbonyl (C=O) groups is 1. The van der Waals surface area contributed by atoms with Crippen LogP contribution >= 0.6 is 23.4 Å². The van der Waals surface area contributed by atoms with Gasteiger partial charge in [-0.15, -0.1) is 11.8 Å². The van der Waals surface area contributed by atoms with Gasteiger partial charge in [-0.25, -0.2) is 0 Å². The van der Waals surface area contributed by atoms with E-state index in [1.54, 1.807) is 7.11 Å². The second-order valence-electron chi connectivity index (χ2n) is 5.93. The smallest absolute Gasteiger partial charge is 0.246 e. The lowest BCUT2D eigenvalue weighted by molar-refractivity contribution is -0.120. The maximum atomic E-state index is 12.5. The summed E-state index contributed by atoms with van der Waals surface area (Å²) in [5.41, 5.74) is 0.783. The first-order valence-corrected chi connectivity index (χ1v) is 10.0. The van der Waals surface area contributed by atoms with Crippen LogP contribution in [-0.4, -0.2) is 28.4 Å². The van der Waals surface area contributed by atoms with Crippen LogP contribution in [0.1, 0.15) is 19.2 Å². The van der Waals surface area contributed by atoms with Crippen LogP contribution in [0.2, 0.25) is 5.02 Å². The first kappa shape index (κ1) is 20.2. The van der Waals surface area contributed by atoms with Gasteiger partial charge in [0.2, 0.25) is 17.6 Å². The molecule has 1 heterocycles. The average Bonchev–Trinajstić information content (AvgIpc) is 3.21. The molecule has 1 aromatic heterocycles. The summed E-state index contributed by atoms with van der Waals surface area (Å²) in [5.74, 6) is 1.42. The van der Waals surface area contributed by atoms with E-state index in [-0.39, 0.29) is 17.7 Å². The third-order valence-electron chi connectivity index (χ3n) is 3.97. The van der Waals surface area contributed by atoms with Crippen molar-refractivity contribution in [2.45, 2.75) is 30.0 Å². The van der Waals surface area contributed by atoms with Gasteiger partial charge in [0.05, 0.1) is 18.9 Å². The van der Waals surface area contributed by atoms with Crippen molar-refractivity contribution in [2.75, 3.05) is 7.11 Å². The molecule has 0 aliphatic rings. The highest BCUT2D eigenvalue weighted by atomic mass is 35.5. The second kappa shape index (κ2) is 9.61. The number of hydrogen-bond acceptors (Lipinski definition) is 6. The molecule has 0 radical (unpaired) electrons. The molecule has 6 nitrogen and oxygen atoms in total. The molecule has 1 atom stereocenters. The van der Waals surface area contributed by atoms with Crippen LogP contribution in [0.5, 0.6) is 5.75 Å². The molecule has 0 unspecified atom stereocenters. The molecule has 0 aliphatic carbocycles. The van der Waals surface area contributed by atoms with Crippen LogP contribution in [-0.2, 0) is 11.3 Å². The quantitative estimate of drug-likeness (QED) is 0.540. The van der Waals surface area contributed by atoms with Crippen LogP contribution in [0.15, 0.2) is 57.9 Å². The summed E-state index contributed by atoms with van der Waals surface area (Å²) >= 11 is 7.40. The summed E-state index contributed by atoms with van der Waals surface area (Å²) in [6, 6.07) is 14.8. The Morgan fingerprint density at radius 3 is 2.79 bits per heavy atom. The molecule has 0 aliphatic heterocycles. The Morgan fingerprint density at radius 1 is 1.29 bits per heavy atom. The molecule has 0 saturated heterocycles. The lowest BCUT2D eigenvalue weighted by Crippen LogP contribution is -2.31. The minimum Gasteiger partial charge on any atom is -0.497 e. The molecule has 0 fully saturated rings. The van der Waals surface area contributed by atoms with Crippen LogP contribution in [0, 0.1) is 0 Å². The van der Waals surface area contributed by atoms with Crippen molar-refractivity contribution >= 4 is 29.3 Å². The van der Waals surface area contributed by atoms with Crippen molar-refractivity contribution in [3.8, 4) is 17.1 Å². The standard InChI is InChI=1S/C20H20ClN3O3S/c1-3-17(28-16-9-7-14(21)8-10-16)20(25)22-12-18-23-19(24-27-18)13-5-4-6-15(11-13)26-2/h4-11,17H,3,12H2,1-2H3,(H,22,25)/t17-/m1/s1. The first-order chi connectivity index (χ1) is 13.6. The van der Waals surface area contributed by atoms with Crippen LogP contribution < -0.4 is 10.1 Å². The van der Waals surface area contributed by atoms with Crippen molar-refractivity contribution in [3.63, 3.8) is 0 Å². The van der Waals surface area contributed by atoms with Gasteiger partial charge >= 0.3 is 0 Å². The van der Waals surface area contributed by atoms with E-state index in [4.69, 9.17) is 20.9 Å². The Bertz CT molecular complexity index is 930. The van der Waals surface area contributed by atoms with Crippen LogP contribution in [0.25, 0.3) is 11.4 Å². The number of hydrogen-bond donors (Lipinski definition) is 1. The number of ether oxygens (including phenoxy) is 1. The summed E-state index contributed by atoms with van der Waals surface area (Å²) in [4.78, 5) is 17.8. The molecule has 8 heteroatoms. The van der Waals surface area contributed by atoms with Crippen molar-refractivity contribution < 1.29 is 14.1 Å². The Labute approximate surface area is 172 Å². The topological polar surface area (TPSA) is 77.2 Å². The highest BCUT2D eigenvalue weighted by Gasteiger charge is 2.19. The Morgan fingerprint density at radius 2 is 2.07 bits per heavy atom. The number of thioether (sulfide) groups is 1. The number of rotatable bonds is 8. The largest absolute Gasteiger partial charge is 0.497 e. The number of nitrogens with one attached hydrogen (secondary N) is 1. The van der Waals surface area contributed by atoms with Crippen LogP contribution in [0.4, 0.5) is 0 Å². The van der Waals surface area contributed by atoms with E-state index in [1.165, 1.54) is 11.8 Å². The summed E-state index contributed by atoms with van der Waals surface area (Å²) in [6.45, 7) is 2.15. The molecule has 0 bridgehead atoms. The Kier molecular flexibility index (Phi) is 6.95. The lowest BCUT2D eigenvalue weighted by atomic mass is 10.2. The van der Waals surface area contributed by atoms with Gasteiger partial charge in [-0.2, -0.15) is 4.98 Å². The fourth-order valence-corrected chi connectivity index (χ4v) is 3.59. The number of benzene rings is 2. The molecule has 2 aromatic carbocycles. The molecular formula is C20H20ClN3O3S. The number of halogens is 1. The van der Waals surface area contributed by atoms with Crippen LogP contribution in [0.3, 0.4) is 0 Å². The number of amides is 1. The molecule has 3 aromatic rings. The van der Waals surface area contributed by atoms with Gasteiger partial charge in [-0.3, -0.25) is 4.79 Å². The van der Waals surface area contributed by atoms with Crippen molar-refractivity contribution in [2.24, 2.45) is 0 Å². The van der Waals surface area contributed by atoms with E-state index in [1.807, 2.05) is 55.5 Å². The fraction of sp³-hybridized carbons (Fsp3) is 0.250. The zero-order chi connectivity index (χ0) is 19.9. The average molecular weight is 418 g/mol. The zero-order valence-electron chi connectivity index (χ0n) is 15.5. The fourth-order valence-electron chi connectivity index (χ4n) is 2.48. The SMILES string of the molecule is CC[C@@H](Sc1ccc(Cl)cc1)C(=O)NCc1nc(-c2cccc(OC)c2)no1. The number of nitrogens with zero attached hydrogens (tertiary/aromatic N) is 2. The van der Waals surface area contributed by atoms with E-state index in [0.717, 1.165) is 10.5 Å². The third kappa shape index (κ3) is 5.27. The third-order valence-corrected chi connectivity index (χ3v) is 5.59. The maximum absolute atomic E-state index is 12.5. The summed E-state index contributed by atoms with van der Waals surface area (Å²) in [6.07, 6.45) is 0.692. The molecule has 146 valence electrons. The van der Waals surface area contributed by atoms with E-state index >= 15 is 0 Å². The number of aromatic nitrogens is 2. The predicted molar refractivity (Wildman–Crippen MR) is 110 cm³/mol. The summed E-state index contributed by atoms with van der Waals surface area (Å²) in [7, 11) is 1.60. The molecular weight excluding hydrogens is 398 g/mol. The molecule has 3 rings (SSSR count). The molecule has 28 heavy (non-hydrogen) atoms. The molecule has 1 amide bonds. The maximum Gasteiger partial charge on any atom is 0.246 e. The minimum absolute atomic E-state index is 0.0800. The Balaban J connectivity index is 1.59. The molecule has 0 saturated carbocycles. The van der Waals surface area contributed by atoms with Gasteiger partial charge in [-0.1, -0.05) is 35.8 Å². The molecule has 0 spiro atoms. The summed E-state index contributed by atoms with van der Waals surface area (Å²) < 4.78 is 10.5. The van der Waals surface area contributed by atoms with Crippen molar-refractivity contribution in [3.05, 3.63) is 59.4 Å². The van der Waals surface area contributed by atoms with Gasteiger partial charge in [0.1, 0.15) is 5.75 Å². The van der Waals surface area contributed by atoms with E-state index in [2.05, 4.69) is 15.5 Å². The van der Waals surface area contributed by atoms with Gasteiger partial charge in [0.15, 0.2) is 0 Å². The Hall–Kier alpha value is -2.51. The minimum atomic E-state index is -0.220. The van der Waals surface area contributed by atoms with Gasteiger partial charge in [0, 0.05) is 15.5 Å². The van der Waals surface area contributed by atoms with Gasteiger partial charge < -0.3 is 14.6 Å². The van der Waals surface area contributed by atoms with Gasteiger partial charge in [-0.05, 0) is 42.8 Å². The summed E-state index contributed by atoms with van der Waals surface area (Å²) in [5, 5.41) is 7.28. The predicted octanol–water partition coefficient (Wildman–Crippen LogP) is 4.59. The van der Waals surface area contributed by atoms with Crippen molar-refractivity contribution in [1.29, 1.82) is 0 Å². The second-order valence-corrected chi connectivity index (χ2v) is 7.64. The normalized spacial score (nSPS) is 11.8. The van der Waals surface area contributed by atoms with E-state index in [0.29, 0.717) is 28.9 Å². The monoisotopic (exact) mass is 417 g/mol. The zero-order valence-corrected chi connectivity index (χ0v) is 17.1. The van der Waals surface area contributed by atoms with Crippen molar-refractivity contribution in [1.82, 2.24) is 15.5 Å². The number of methoxy groups -OCH3 is 1. The number of carbonyl (C=O) groups excluding carboxylic acids is 1. The van der Waals surface area contributed by atoms with Gasteiger partial charge in [0.25, 0.3) is 0 Å². The van der Waals surface area contributed by atoms with E-state index < -0.39 is 0 Å². The molecule has 1 N–H and O–H groups in total. The van der Waals surface area contributed by atoms with E-state index in [9.17, 15) is 4.79 Å². The first-order valence-electron chi connectivity index (χ1n) is 8.76. The lowest BCUT2D eigenvalue weighted by Gasteiger charge is -2.13. The highest BCUT2D eigenvalue weighted by molar-refractivity contribution is 8.00. The highest BCUT2D eigenvalue weighted by Crippen LogP contribution is 2.27.